The maximum absolute atomic E-state index is 11.9. The molecule has 1 fully saturated rings. The molecular weight excluding hydrogens is 242 g/mol. The Morgan fingerprint density at radius 1 is 1.47 bits per heavy atom. The molecule has 4 N–H and O–H groups in total. The van der Waals surface area contributed by atoms with Crippen molar-refractivity contribution in [1.29, 1.82) is 0 Å². The lowest BCUT2D eigenvalue weighted by Gasteiger charge is -2.30. The Morgan fingerprint density at radius 3 is 2.63 bits per heavy atom. The first-order chi connectivity index (χ1) is 8.82. The van der Waals surface area contributed by atoms with Gasteiger partial charge < -0.3 is 16.4 Å². The molecule has 2 atom stereocenters. The minimum absolute atomic E-state index is 0.0148. The third-order valence-electron chi connectivity index (χ3n) is 3.80. The molecule has 5 nitrogen and oxygen atoms in total. The number of amides is 2. The molecule has 2 unspecified atom stereocenters. The van der Waals surface area contributed by atoms with Crippen LogP contribution in [-0.2, 0) is 9.59 Å². The van der Waals surface area contributed by atoms with Crippen molar-refractivity contribution < 1.29 is 9.59 Å². The van der Waals surface area contributed by atoms with Crippen LogP contribution >= 0.6 is 0 Å². The van der Waals surface area contributed by atoms with E-state index in [1.807, 2.05) is 0 Å². The summed E-state index contributed by atoms with van der Waals surface area (Å²) in [5.41, 5.74) is 5.80. The van der Waals surface area contributed by atoms with Crippen molar-refractivity contribution in [2.24, 2.45) is 17.1 Å². The van der Waals surface area contributed by atoms with Crippen LogP contribution in [0.15, 0.2) is 0 Å². The van der Waals surface area contributed by atoms with Crippen LogP contribution in [0.1, 0.15) is 46.5 Å². The monoisotopic (exact) mass is 269 g/mol. The highest BCUT2D eigenvalue weighted by Crippen LogP contribution is 2.32. The summed E-state index contributed by atoms with van der Waals surface area (Å²) in [6.45, 7) is 7.76. The first-order valence-electron chi connectivity index (χ1n) is 7.09. The van der Waals surface area contributed by atoms with E-state index in [2.05, 4.69) is 31.4 Å². The summed E-state index contributed by atoms with van der Waals surface area (Å²) >= 11 is 0. The highest BCUT2D eigenvalue weighted by Gasteiger charge is 2.26. The van der Waals surface area contributed by atoms with Gasteiger partial charge in [0, 0.05) is 19.4 Å². The molecule has 1 aliphatic rings. The zero-order chi connectivity index (χ0) is 14.5. The van der Waals surface area contributed by atoms with Crippen LogP contribution in [0.5, 0.6) is 0 Å². The van der Waals surface area contributed by atoms with E-state index in [9.17, 15) is 9.59 Å². The van der Waals surface area contributed by atoms with E-state index in [1.54, 1.807) is 0 Å². The molecule has 0 aromatic rings. The van der Waals surface area contributed by atoms with Gasteiger partial charge in [-0.15, -0.1) is 0 Å². The smallest absolute Gasteiger partial charge is 0.222 e. The van der Waals surface area contributed by atoms with Crippen molar-refractivity contribution in [1.82, 2.24) is 10.6 Å². The van der Waals surface area contributed by atoms with E-state index in [1.165, 1.54) is 0 Å². The molecule has 0 saturated carbocycles. The largest absolute Gasteiger partial charge is 0.354 e. The normalized spacial score (nSPS) is 21.1. The van der Waals surface area contributed by atoms with Gasteiger partial charge in [-0.2, -0.15) is 0 Å². The van der Waals surface area contributed by atoms with Crippen molar-refractivity contribution in [3.8, 4) is 0 Å². The Morgan fingerprint density at radius 2 is 2.16 bits per heavy atom. The van der Waals surface area contributed by atoms with Gasteiger partial charge in [0.05, 0.1) is 6.04 Å². The van der Waals surface area contributed by atoms with E-state index in [0.717, 1.165) is 12.8 Å². The molecule has 1 aliphatic heterocycles. The lowest BCUT2D eigenvalue weighted by Crippen LogP contribution is -2.36. The fourth-order valence-corrected chi connectivity index (χ4v) is 2.52. The summed E-state index contributed by atoms with van der Waals surface area (Å²) in [7, 11) is 0. The molecule has 2 amide bonds. The standard InChI is InChI=1S/C14H27N3O2/c1-14(2,3)10(6-7-15)4-5-12(18)17-11-8-13(19)16-9-11/h10-11H,4-9,15H2,1-3H3,(H,16,19)(H,17,18). The molecule has 1 saturated heterocycles. The van der Waals surface area contributed by atoms with Gasteiger partial charge >= 0.3 is 0 Å². The predicted octanol–water partition coefficient (Wildman–Crippen LogP) is 0.782. The molecule has 1 heterocycles. The molecule has 19 heavy (non-hydrogen) atoms. The minimum Gasteiger partial charge on any atom is -0.354 e. The molecule has 0 bridgehead atoms. The Balaban J connectivity index is 2.33. The van der Waals surface area contributed by atoms with Crippen molar-refractivity contribution in [2.75, 3.05) is 13.1 Å². The molecule has 110 valence electrons. The Labute approximate surface area is 115 Å². The van der Waals surface area contributed by atoms with Crippen LogP contribution in [0.25, 0.3) is 0 Å². The third-order valence-corrected chi connectivity index (χ3v) is 3.80. The summed E-state index contributed by atoms with van der Waals surface area (Å²) < 4.78 is 0. The quantitative estimate of drug-likeness (QED) is 0.666. The molecule has 0 aromatic carbocycles. The maximum atomic E-state index is 11.9. The molecule has 0 spiro atoms. The van der Waals surface area contributed by atoms with Crippen LogP contribution in [0.4, 0.5) is 0 Å². The molecule has 0 radical (unpaired) electrons. The SMILES string of the molecule is CC(C)(C)C(CCN)CCC(=O)NC1CNC(=O)C1. The second kappa shape index (κ2) is 6.89. The average Bonchev–Trinajstić information content (AvgIpc) is 2.68. The number of rotatable bonds is 6. The van der Waals surface area contributed by atoms with E-state index >= 15 is 0 Å². The highest BCUT2D eigenvalue weighted by molar-refractivity contribution is 5.81. The van der Waals surface area contributed by atoms with Gasteiger partial charge in [-0.05, 0) is 30.7 Å². The van der Waals surface area contributed by atoms with Crippen LogP contribution in [-0.4, -0.2) is 30.9 Å². The lowest BCUT2D eigenvalue weighted by molar-refractivity contribution is -0.122. The third kappa shape index (κ3) is 5.59. The first-order valence-corrected chi connectivity index (χ1v) is 7.09. The van der Waals surface area contributed by atoms with Crippen molar-refractivity contribution in [3.05, 3.63) is 0 Å². The summed E-state index contributed by atoms with van der Waals surface area (Å²) in [5, 5.41) is 5.62. The van der Waals surface area contributed by atoms with E-state index in [4.69, 9.17) is 5.73 Å². The number of carbonyl (C=O) groups is 2. The summed E-state index contributed by atoms with van der Waals surface area (Å²) in [6, 6.07) is -0.0393. The number of hydrogen-bond acceptors (Lipinski definition) is 3. The van der Waals surface area contributed by atoms with Gasteiger partial charge in [-0.25, -0.2) is 0 Å². The summed E-state index contributed by atoms with van der Waals surface area (Å²) in [5.74, 6) is 0.500. The second-order valence-electron chi connectivity index (χ2n) is 6.45. The van der Waals surface area contributed by atoms with Crippen LogP contribution in [0.3, 0.4) is 0 Å². The zero-order valence-corrected chi connectivity index (χ0v) is 12.3. The van der Waals surface area contributed by atoms with Gasteiger partial charge in [0.15, 0.2) is 0 Å². The fourth-order valence-electron chi connectivity index (χ4n) is 2.52. The first kappa shape index (κ1) is 16.0. The van der Waals surface area contributed by atoms with Crippen molar-refractivity contribution >= 4 is 11.8 Å². The van der Waals surface area contributed by atoms with E-state index < -0.39 is 0 Å². The van der Waals surface area contributed by atoms with Crippen LogP contribution in [0.2, 0.25) is 0 Å². The van der Waals surface area contributed by atoms with Crippen LogP contribution < -0.4 is 16.4 Å². The Bertz CT molecular complexity index is 323. The van der Waals surface area contributed by atoms with Gasteiger partial charge in [-0.3, -0.25) is 9.59 Å². The molecular formula is C14H27N3O2. The second-order valence-corrected chi connectivity index (χ2v) is 6.45. The van der Waals surface area contributed by atoms with Gasteiger partial charge in [0.2, 0.25) is 11.8 Å². The van der Waals surface area contributed by atoms with Gasteiger partial charge in [-0.1, -0.05) is 20.8 Å². The fraction of sp³-hybridized carbons (Fsp3) is 0.857. The maximum Gasteiger partial charge on any atom is 0.222 e. The molecule has 1 rings (SSSR count). The van der Waals surface area contributed by atoms with Crippen molar-refractivity contribution in [3.63, 3.8) is 0 Å². The van der Waals surface area contributed by atoms with Gasteiger partial charge in [0.25, 0.3) is 0 Å². The van der Waals surface area contributed by atoms with Gasteiger partial charge in [0.1, 0.15) is 0 Å². The number of carbonyl (C=O) groups excluding carboxylic acids is 2. The topological polar surface area (TPSA) is 84.2 Å². The predicted molar refractivity (Wildman–Crippen MR) is 75.4 cm³/mol. The average molecular weight is 269 g/mol. The summed E-state index contributed by atoms with van der Waals surface area (Å²) in [4.78, 5) is 22.9. The Hall–Kier alpha value is -1.10. The lowest BCUT2D eigenvalue weighted by atomic mass is 9.76. The highest BCUT2D eigenvalue weighted by atomic mass is 16.2. The number of hydrogen-bond donors (Lipinski definition) is 3. The van der Waals surface area contributed by atoms with E-state index in [0.29, 0.717) is 31.8 Å². The Kier molecular flexibility index (Phi) is 5.79. The van der Waals surface area contributed by atoms with E-state index in [-0.39, 0.29) is 23.3 Å². The number of nitrogens with one attached hydrogen (secondary N) is 2. The van der Waals surface area contributed by atoms with Crippen molar-refractivity contribution in [2.45, 2.75) is 52.5 Å². The minimum atomic E-state index is -0.0393. The summed E-state index contributed by atoms with van der Waals surface area (Å²) in [6.07, 6.45) is 2.70. The zero-order valence-electron chi connectivity index (χ0n) is 12.3. The molecule has 5 heteroatoms. The van der Waals surface area contributed by atoms with Crippen LogP contribution in [0, 0.1) is 11.3 Å². The number of nitrogens with two attached hydrogens (primary N) is 1. The molecule has 0 aromatic heterocycles. The molecule has 0 aliphatic carbocycles.